The van der Waals surface area contributed by atoms with Crippen molar-refractivity contribution in [3.05, 3.63) is 0 Å². The lowest BCUT2D eigenvalue weighted by atomic mass is 9.84. The minimum absolute atomic E-state index is 0.0452. The molecule has 0 aliphatic carbocycles. The number of carbonyl (C=O) groups is 2. The predicted octanol–water partition coefficient (Wildman–Crippen LogP) is 1.32. The molecule has 170 valence electrons. The van der Waals surface area contributed by atoms with Crippen LogP contribution in [-0.2, 0) is 14.3 Å². The Morgan fingerprint density at radius 2 is 1.77 bits per heavy atom. The van der Waals surface area contributed by atoms with Crippen molar-refractivity contribution in [3.63, 3.8) is 0 Å². The van der Waals surface area contributed by atoms with Gasteiger partial charge in [0.15, 0.2) is 0 Å². The number of nitrogens with zero attached hydrogens (tertiary/aromatic N) is 3. The molecule has 2 amide bonds. The fraction of sp³-hybridized carbons (Fsp3) is 0.913. The summed E-state index contributed by atoms with van der Waals surface area (Å²) in [6.07, 6.45) is 5.57. The molecule has 0 aromatic heterocycles. The minimum Gasteiger partial charge on any atom is -0.376 e. The smallest absolute Gasteiger partial charge is 0.225 e. The SMILES string of the molecule is CC(C)NC(=O)C[C@@H]1CN(C2CCN(C)CC2)[C@@H]2CO[C@@H](CC(=O)N3CCCC3)[C@H]12. The monoisotopic (exact) mass is 420 g/mol. The molecule has 4 aliphatic rings. The van der Waals surface area contributed by atoms with Gasteiger partial charge in [-0.1, -0.05) is 0 Å². The maximum absolute atomic E-state index is 12.8. The maximum atomic E-state index is 12.8. The zero-order valence-corrected chi connectivity index (χ0v) is 19.0. The fourth-order valence-electron chi connectivity index (χ4n) is 6.18. The Balaban J connectivity index is 1.45. The van der Waals surface area contributed by atoms with Crippen LogP contribution in [0, 0.1) is 11.8 Å². The fourth-order valence-corrected chi connectivity index (χ4v) is 6.18. The van der Waals surface area contributed by atoms with Gasteiger partial charge in [0, 0.05) is 50.1 Å². The molecular weight excluding hydrogens is 380 g/mol. The van der Waals surface area contributed by atoms with Crippen molar-refractivity contribution < 1.29 is 14.3 Å². The Bertz CT molecular complexity index is 614. The third kappa shape index (κ3) is 4.83. The number of fused-ring (bicyclic) bond motifs is 1. The van der Waals surface area contributed by atoms with E-state index < -0.39 is 0 Å². The van der Waals surface area contributed by atoms with Crippen molar-refractivity contribution in [1.82, 2.24) is 20.0 Å². The Kier molecular flexibility index (Phi) is 7.00. The summed E-state index contributed by atoms with van der Waals surface area (Å²) >= 11 is 0. The van der Waals surface area contributed by atoms with Gasteiger partial charge in [-0.2, -0.15) is 0 Å². The van der Waals surface area contributed by atoms with Crippen LogP contribution in [0.4, 0.5) is 0 Å². The lowest BCUT2D eigenvalue weighted by molar-refractivity contribution is -0.133. The van der Waals surface area contributed by atoms with Gasteiger partial charge >= 0.3 is 0 Å². The van der Waals surface area contributed by atoms with Crippen LogP contribution in [0.2, 0.25) is 0 Å². The van der Waals surface area contributed by atoms with Crippen LogP contribution in [0.1, 0.15) is 52.4 Å². The highest BCUT2D eigenvalue weighted by molar-refractivity contribution is 5.77. The van der Waals surface area contributed by atoms with Gasteiger partial charge in [0.25, 0.3) is 0 Å². The molecule has 0 aromatic carbocycles. The second-order valence-corrected chi connectivity index (χ2v) is 10.2. The molecular formula is C23H40N4O3. The van der Waals surface area contributed by atoms with Crippen LogP contribution < -0.4 is 5.32 Å². The van der Waals surface area contributed by atoms with Gasteiger partial charge in [-0.15, -0.1) is 0 Å². The standard InChI is InChI=1S/C23H40N4O3/c1-16(2)24-21(28)12-17-14-27(18-6-10-25(3)11-7-18)19-15-30-20(23(17)19)13-22(29)26-8-4-5-9-26/h16-20,23H,4-15H2,1-3H3,(H,24,28)/t17-,19-,20+,23-/m1/s1. The summed E-state index contributed by atoms with van der Waals surface area (Å²) in [5, 5.41) is 3.07. The summed E-state index contributed by atoms with van der Waals surface area (Å²) in [6.45, 7) is 9.74. The van der Waals surface area contributed by atoms with Crippen LogP contribution in [0.3, 0.4) is 0 Å². The molecule has 0 radical (unpaired) electrons. The predicted molar refractivity (Wildman–Crippen MR) is 116 cm³/mol. The number of carbonyl (C=O) groups excluding carboxylic acids is 2. The summed E-state index contributed by atoms with van der Waals surface area (Å²) in [5.74, 6) is 0.929. The van der Waals surface area contributed by atoms with E-state index in [0.29, 0.717) is 31.5 Å². The largest absolute Gasteiger partial charge is 0.376 e. The normalized spacial score (nSPS) is 33.4. The van der Waals surface area contributed by atoms with E-state index in [-0.39, 0.29) is 35.8 Å². The third-order valence-corrected chi connectivity index (χ3v) is 7.66. The molecule has 4 fully saturated rings. The third-order valence-electron chi connectivity index (χ3n) is 7.66. The van der Waals surface area contributed by atoms with E-state index >= 15 is 0 Å². The number of ether oxygens (including phenoxy) is 1. The molecule has 0 unspecified atom stereocenters. The molecule has 0 bridgehead atoms. The number of hydrogen-bond donors (Lipinski definition) is 1. The second kappa shape index (κ2) is 9.53. The van der Waals surface area contributed by atoms with Gasteiger partial charge < -0.3 is 19.9 Å². The van der Waals surface area contributed by atoms with Gasteiger partial charge in [0.05, 0.1) is 19.1 Å². The van der Waals surface area contributed by atoms with Crippen molar-refractivity contribution in [2.24, 2.45) is 11.8 Å². The topological polar surface area (TPSA) is 65.1 Å². The minimum atomic E-state index is -0.0452. The van der Waals surface area contributed by atoms with Crippen molar-refractivity contribution in [2.45, 2.75) is 76.6 Å². The van der Waals surface area contributed by atoms with E-state index in [1.807, 2.05) is 18.7 Å². The Morgan fingerprint density at radius 3 is 2.43 bits per heavy atom. The quantitative estimate of drug-likeness (QED) is 0.702. The summed E-state index contributed by atoms with van der Waals surface area (Å²) in [7, 11) is 2.20. The van der Waals surface area contributed by atoms with Crippen molar-refractivity contribution in [2.75, 3.05) is 46.4 Å². The van der Waals surface area contributed by atoms with E-state index in [0.717, 1.165) is 45.6 Å². The summed E-state index contributed by atoms with van der Waals surface area (Å²) < 4.78 is 6.25. The van der Waals surface area contributed by atoms with Crippen LogP contribution >= 0.6 is 0 Å². The van der Waals surface area contributed by atoms with E-state index in [1.165, 1.54) is 12.8 Å². The van der Waals surface area contributed by atoms with Crippen LogP contribution in [-0.4, -0.2) is 97.1 Å². The van der Waals surface area contributed by atoms with E-state index in [1.54, 1.807) is 0 Å². The zero-order valence-electron chi connectivity index (χ0n) is 19.0. The van der Waals surface area contributed by atoms with E-state index in [2.05, 4.69) is 22.2 Å². The average molecular weight is 421 g/mol. The van der Waals surface area contributed by atoms with E-state index in [4.69, 9.17) is 4.74 Å². The molecule has 4 rings (SSSR count). The Hall–Kier alpha value is -1.18. The van der Waals surface area contributed by atoms with Crippen LogP contribution in [0.25, 0.3) is 0 Å². The highest BCUT2D eigenvalue weighted by atomic mass is 16.5. The highest BCUT2D eigenvalue weighted by Crippen LogP contribution is 2.43. The van der Waals surface area contributed by atoms with Gasteiger partial charge in [-0.05, 0) is 65.6 Å². The molecule has 30 heavy (non-hydrogen) atoms. The molecule has 4 aliphatic heterocycles. The van der Waals surface area contributed by atoms with Gasteiger partial charge in [0.1, 0.15) is 0 Å². The first-order valence-electron chi connectivity index (χ1n) is 12.1. The van der Waals surface area contributed by atoms with Crippen LogP contribution in [0.5, 0.6) is 0 Å². The second-order valence-electron chi connectivity index (χ2n) is 10.2. The van der Waals surface area contributed by atoms with Gasteiger partial charge in [0.2, 0.25) is 11.8 Å². The lowest BCUT2D eigenvalue weighted by Crippen LogP contribution is -2.47. The summed E-state index contributed by atoms with van der Waals surface area (Å²) in [4.78, 5) is 32.5. The van der Waals surface area contributed by atoms with Crippen molar-refractivity contribution >= 4 is 11.8 Å². The summed E-state index contributed by atoms with van der Waals surface area (Å²) in [6, 6.07) is 1.09. The number of piperidine rings is 1. The van der Waals surface area contributed by atoms with Crippen LogP contribution in [0.15, 0.2) is 0 Å². The lowest BCUT2D eigenvalue weighted by Gasteiger charge is -2.37. The molecule has 4 heterocycles. The van der Waals surface area contributed by atoms with Crippen molar-refractivity contribution in [1.29, 1.82) is 0 Å². The average Bonchev–Trinajstić information content (AvgIpc) is 3.41. The van der Waals surface area contributed by atoms with E-state index in [9.17, 15) is 9.59 Å². The number of rotatable bonds is 6. The number of hydrogen-bond acceptors (Lipinski definition) is 5. The first-order valence-corrected chi connectivity index (χ1v) is 12.1. The molecule has 4 saturated heterocycles. The number of likely N-dealkylation sites (tertiary alicyclic amines) is 3. The van der Waals surface area contributed by atoms with Gasteiger partial charge in [-0.3, -0.25) is 14.5 Å². The highest BCUT2D eigenvalue weighted by Gasteiger charge is 2.53. The molecule has 0 spiro atoms. The first kappa shape index (κ1) is 22.0. The maximum Gasteiger partial charge on any atom is 0.225 e. The molecule has 7 nitrogen and oxygen atoms in total. The molecule has 7 heteroatoms. The zero-order chi connectivity index (χ0) is 21.3. The number of amides is 2. The Morgan fingerprint density at radius 1 is 1.07 bits per heavy atom. The molecule has 4 atom stereocenters. The molecule has 0 saturated carbocycles. The first-order chi connectivity index (χ1) is 14.4. The molecule has 0 aromatic rings. The Labute approximate surface area is 181 Å². The molecule has 1 N–H and O–H groups in total. The van der Waals surface area contributed by atoms with Crippen molar-refractivity contribution in [3.8, 4) is 0 Å². The number of nitrogens with one attached hydrogen (secondary N) is 1. The van der Waals surface area contributed by atoms with Gasteiger partial charge in [-0.25, -0.2) is 0 Å². The summed E-state index contributed by atoms with van der Waals surface area (Å²) in [5.41, 5.74) is 0.